The van der Waals surface area contributed by atoms with Crippen molar-refractivity contribution in [1.29, 1.82) is 0 Å². The number of benzene rings is 1. The predicted molar refractivity (Wildman–Crippen MR) is 93.5 cm³/mol. The number of allylic oxidation sites excluding steroid dienone is 1. The molecule has 0 radical (unpaired) electrons. The molecule has 0 aliphatic rings. The number of rotatable bonds is 2. The second-order valence-electron chi connectivity index (χ2n) is 3.39. The lowest BCUT2D eigenvalue weighted by atomic mass is 10.0. The van der Waals surface area contributed by atoms with E-state index in [1.165, 1.54) is 21.6 Å². The first-order valence-corrected chi connectivity index (χ1v) is 7.28. The molecule has 0 bridgehead atoms. The molecule has 0 amide bonds. The highest BCUT2D eigenvalue weighted by atomic mass is 14.0. The summed E-state index contributed by atoms with van der Waals surface area (Å²) in [5.74, 6) is 0. The molecule has 1 rings (SSSR count). The van der Waals surface area contributed by atoms with Gasteiger partial charge in [0.15, 0.2) is 0 Å². The zero-order valence-corrected chi connectivity index (χ0v) is 13.7. The van der Waals surface area contributed by atoms with Gasteiger partial charge in [-0.1, -0.05) is 64.7 Å². The normalized spacial score (nSPS) is 11.5. The van der Waals surface area contributed by atoms with Crippen molar-refractivity contribution in [2.24, 2.45) is 0 Å². The summed E-state index contributed by atoms with van der Waals surface area (Å²) < 4.78 is 0. The SMILES string of the molecule is C=Cc1cc(=C/C)/c(=C\C)cc1/C=C\C.CC.CC. The van der Waals surface area contributed by atoms with Crippen molar-refractivity contribution in [2.45, 2.75) is 48.5 Å². The van der Waals surface area contributed by atoms with Crippen LogP contribution in [0.1, 0.15) is 59.6 Å². The Morgan fingerprint density at radius 2 is 1.21 bits per heavy atom. The minimum Gasteiger partial charge on any atom is -0.0984 e. The zero-order valence-electron chi connectivity index (χ0n) is 13.7. The summed E-state index contributed by atoms with van der Waals surface area (Å²) in [6.45, 7) is 18.0. The minimum absolute atomic E-state index is 1.19. The molecule has 19 heavy (non-hydrogen) atoms. The Labute approximate surface area is 119 Å². The maximum absolute atomic E-state index is 3.85. The van der Waals surface area contributed by atoms with Crippen molar-refractivity contribution in [3.05, 3.63) is 46.4 Å². The van der Waals surface area contributed by atoms with Crippen molar-refractivity contribution in [2.75, 3.05) is 0 Å². The summed E-state index contributed by atoms with van der Waals surface area (Å²) in [7, 11) is 0. The molecule has 0 unspecified atom stereocenters. The summed E-state index contributed by atoms with van der Waals surface area (Å²) in [4.78, 5) is 0. The van der Waals surface area contributed by atoms with Gasteiger partial charge in [0, 0.05) is 0 Å². The molecule has 0 heterocycles. The second-order valence-corrected chi connectivity index (χ2v) is 3.39. The highest BCUT2D eigenvalue weighted by Gasteiger charge is 1.95. The average molecular weight is 258 g/mol. The molecule has 0 fully saturated rings. The molecule has 106 valence electrons. The van der Waals surface area contributed by atoms with E-state index in [1.807, 2.05) is 40.7 Å². The molecule has 0 N–H and O–H groups in total. The number of hydrogen-bond donors (Lipinski definition) is 0. The lowest BCUT2D eigenvalue weighted by molar-refractivity contribution is 1.45. The highest BCUT2D eigenvalue weighted by Crippen LogP contribution is 2.07. The molecule has 0 saturated carbocycles. The third-order valence-corrected chi connectivity index (χ3v) is 2.48. The maximum atomic E-state index is 3.85. The van der Waals surface area contributed by atoms with Gasteiger partial charge in [-0.25, -0.2) is 0 Å². The third-order valence-electron chi connectivity index (χ3n) is 2.48. The van der Waals surface area contributed by atoms with Crippen molar-refractivity contribution in [3.8, 4) is 0 Å². The van der Waals surface area contributed by atoms with Crippen LogP contribution in [0, 0.1) is 0 Å². The first kappa shape index (κ1) is 19.8. The van der Waals surface area contributed by atoms with E-state index in [-0.39, 0.29) is 0 Å². The molecular formula is C19H30. The quantitative estimate of drug-likeness (QED) is 0.699. The molecule has 0 atom stereocenters. The van der Waals surface area contributed by atoms with Crippen LogP contribution < -0.4 is 10.4 Å². The minimum atomic E-state index is 1.19. The van der Waals surface area contributed by atoms with E-state index in [2.05, 4.69) is 56.9 Å². The van der Waals surface area contributed by atoms with Gasteiger partial charge < -0.3 is 0 Å². The average Bonchev–Trinajstić information content (AvgIpc) is 2.51. The van der Waals surface area contributed by atoms with E-state index in [9.17, 15) is 0 Å². The predicted octanol–water partition coefficient (Wildman–Crippen LogP) is 5.02. The Morgan fingerprint density at radius 1 is 0.789 bits per heavy atom. The molecule has 0 heteroatoms. The van der Waals surface area contributed by atoms with E-state index in [4.69, 9.17) is 0 Å². The fourth-order valence-electron chi connectivity index (χ4n) is 1.67. The molecule has 0 aromatic heterocycles. The monoisotopic (exact) mass is 258 g/mol. The molecular weight excluding hydrogens is 228 g/mol. The van der Waals surface area contributed by atoms with Gasteiger partial charge in [-0.05, 0) is 54.5 Å². The largest absolute Gasteiger partial charge is 0.0984 e. The van der Waals surface area contributed by atoms with Gasteiger partial charge in [0.25, 0.3) is 0 Å². The Morgan fingerprint density at radius 3 is 1.53 bits per heavy atom. The van der Waals surface area contributed by atoms with Crippen LogP contribution in [0.15, 0.2) is 24.8 Å². The first-order valence-electron chi connectivity index (χ1n) is 7.28. The Hall–Kier alpha value is -1.56. The van der Waals surface area contributed by atoms with Gasteiger partial charge in [0.2, 0.25) is 0 Å². The lowest BCUT2D eigenvalue weighted by Gasteiger charge is -2.01. The van der Waals surface area contributed by atoms with Crippen LogP contribution in [0.5, 0.6) is 0 Å². The Kier molecular flexibility index (Phi) is 13.4. The van der Waals surface area contributed by atoms with E-state index < -0.39 is 0 Å². The van der Waals surface area contributed by atoms with Crippen LogP contribution in [0.2, 0.25) is 0 Å². The van der Waals surface area contributed by atoms with Crippen molar-refractivity contribution in [1.82, 2.24) is 0 Å². The van der Waals surface area contributed by atoms with Crippen LogP contribution in [-0.4, -0.2) is 0 Å². The van der Waals surface area contributed by atoms with Gasteiger partial charge in [-0.15, -0.1) is 0 Å². The fraction of sp³-hybridized carbons (Fsp3) is 0.368. The van der Waals surface area contributed by atoms with E-state index in [0.717, 1.165) is 0 Å². The van der Waals surface area contributed by atoms with Crippen LogP contribution in [-0.2, 0) is 0 Å². The van der Waals surface area contributed by atoms with E-state index in [1.54, 1.807) is 0 Å². The molecule has 1 aromatic carbocycles. The summed E-state index contributed by atoms with van der Waals surface area (Å²) in [5, 5.41) is 2.54. The Balaban J connectivity index is 0. The molecule has 0 aliphatic heterocycles. The van der Waals surface area contributed by atoms with Gasteiger partial charge >= 0.3 is 0 Å². The molecule has 0 nitrogen and oxygen atoms in total. The smallest absolute Gasteiger partial charge is 0.0181 e. The zero-order chi connectivity index (χ0) is 15.3. The van der Waals surface area contributed by atoms with Crippen LogP contribution in [0.3, 0.4) is 0 Å². The summed E-state index contributed by atoms with van der Waals surface area (Å²) >= 11 is 0. The first-order chi connectivity index (χ1) is 9.26. The van der Waals surface area contributed by atoms with Gasteiger partial charge in [-0.3, -0.25) is 0 Å². The molecule has 0 aliphatic carbocycles. The molecule has 0 saturated heterocycles. The standard InChI is InChI=1S/C15H18.2C2H6/c1-5-9-15-11-13(7-3)12(6-2)10-14(15)8-4;2*1-2/h5-11H,4H2,1-3H3;2*1-2H3/b9-5-,12-6-,13-7-;;. The van der Waals surface area contributed by atoms with Crippen molar-refractivity contribution >= 4 is 24.3 Å². The van der Waals surface area contributed by atoms with Crippen LogP contribution >= 0.6 is 0 Å². The highest BCUT2D eigenvalue weighted by molar-refractivity contribution is 5.65. The topological polar surface area (TPSA) is 0 Å². The van der Waals surface area contributed by atoms with Crippen molar-refractivity contribution < 1.29 is 0 Å². The Bertz CT molecular complexity index is 488. The summed E-state index contributed by atoms with van der Waals surface area (Å²) in [6, 6.07) is 4.38. The summed E-state index contributed by atoms with van der Waals surface area (Å²) in [5.41, 5.74) is 2.41. The van der Waals surface area contributed by atoms with Gasteiger partial charge in [0.05, 0.1) is 0 Å². The van der Waals surface area contributed by atoms with Gasteiger partial charge in [0.1, 0.15) is 0 Å². The maximum Gasteiger partial charge on any atom is -0.0181 e. The van der Waals surface area contributed by atoms with E-state index in [0.29, 0.717) is 0 Å². The van der Waals surface area contributed by atoms with E-state index >= 15 is 0 Å². The van der Waals surface area contributed by atoms with Crippen LogP contribution in [0.4, 0.5) is 0 Å². The second kappa shape index (κ2) is 12.9. The van der Waals surface area contributed by atoms with Gasteiger partial charge in [-0.2, -0.15) is 0 Å². The van der Waals surface area contributed by atoms with Crippen molar-refractivity contribution in [3.63, 3.8) is 0 Å². The molecule has 1 aromatic rings. The number of hydrogen-bond acceptors (Lipinski definition) is 0. The molecule has 0 spiro atoms. The fourth-order valence-corrected chi connectivity index (χ4v) is 1.67. The lowest BCUT2D eigenvalue weighted by Crippen LogP contribution is -2.24. The van der Waals surface area contributed by atoms with Crippen LogP contribution in [0.25, 0.3) is 24.3 Å². The summed E-state index contributed by atoms with van der Waals surface area (Å²) in [6.07, 6.45) is 10.3. The third kappa shape index (κ3) is 6.24.